The number of rotatable bonds is 0. The van der Waals surface area contributed by atoms with Crippen molar-refractivity contribution in [2.75, 3.05) is 6.61 Å². The first kappa shape index (κ1) is 10.6. The number of hydrogen-bond donors (Lipinski definition) is 0. The third kappa shape index (κ3) is 1.15. The molecule has 1 aliphatic heterocycles. The smallest absolute Gasteiger partial charge is 0.144 e. The fraction of sp³-hybridized carbons (Fsp3) is 0.462. The quantitative estimate of drug-likeness (QED) is 0.541. The average Bonchev–Trinajstić information content (AvgIpc) is 2.27. The zero-order chi connectivity index (χ0) is 11.3. The molecule has 84 valence electrons. The standard InChI is InChI=1S/C13H13IO2/c1-8-3-2-4-9-12(8)16-7-10(14)13(9)6-5-11(13)15/h2-4,10H,5-7H2,1H3/t10-,13+/m0/s1. The molecule has 2 aliphatic rings. The molecule has 0 N–H and O–H groups in total. The van der Waals surface area contributed by atoms with Crippen molar-refractivity contribution in [1.82, 2.24) is 0 Å². The first-order valence-corrected chi connectivity index (χ1v) is 6.81. The summed E-state index contributed by atoms with van der Waals surface area (Å²) < 4.78 is 6.06. The van der Waals surface area contributed by atoms with E-state index in [1.165, 1.54) is 0 Å². The molecule has 1 aromatic carbocycles. The molecular formula is C13H13IO2. The van der Waals surface area contributed by atoms with Crippen molar-refractivity contribution in [2.24, 2.45) is 0 Å². The maximum Gasteiger partial charge on any atom is 0.144 e. The van der Waals surface area contributed by atoms with Gasteiger partial charge in [-0.05, 0) is 18.9 Å². The van der Waals surface area contributed by atoms with Crippen molar-refractivity contribution in [3.63, 3.8) is 0 Å². The number of fused-ring (bicyclic) bond motifs is 2. The van der Waals surface area contributed by atoms with Crippen molar-refractivity contribution in [1.29, 1.82) is 0 Å². The molecule has 2 atom stereocenters. The Balaban J connectivity index is 2.22. The second kappa shape index (κ2) is 3.45. The summed E-state index contributed by atoms with van der Waals surface area (Å²) in [5, 5.41) is 0. The minimum Gasteiger partial charge on any atom is -0.492 e. The molecule has 16 heavy (non-hydrogen) atoms. The summed E-state index contributed by atoms with van der Waals surface area (Å²) in [6.45, 7) is 2.70. The number of hydrogen-bond acceptors (Lipinski definition) is 2. The average molecular weight is 328 g/mol. The van der Waals surface area contributed by atoms with Gasteiger partial charge in [-0.3, -0.25) is 4.79 Å². The van der Waals surface area contributed by atoms with E-state index < -0.39 is 0 Å². The second-order valence-corrected chi connectivity index (χ2v) is 6.13. The molecule has 1 fully saturated rings. The molecule has 1 aliphatic carbocycles. The summed E-state index contributed by atoms with van der Waals surface area (Å²) in [6, 6.07) is 6.13. The fourth-order valence-electron chi connectivity index (χ4n) is 2.78. The van der Waals surface area contributed by atoms with E-state index >= 15 is 0 Å². The van der Waals surface area contributed by atoms with Crippen molar-refractivity contribution < 1.29 is 9.53 Å². The Bertz CT molecular complexity index is 469. The SMILES string of the molecule is Cc1cccc2c1OC[C@H](I)[C@@]21CCC1=O. The van der Waals surface area contributed by atoms with Crippen LogP contribution in [-0.2, 0) is 10.2 Å². The Hall–Kier alpha value is -0.580. The van der Waals surface area contributed by atoms with Gasteiger partial charge in [-0.25, -0.2) is 0 Å². The number of Topliss-reactive ketones (excluding diaryl/α,β-unsaturated/α-hetero) is 1. The van der Waals surface area contributed by atoms with Gasteiger partial charge >= 0.3 is 0 Å². The van der Waals surface area contributed by atoms with Gasteiger partial charge in [-0.1, -0.05) is 40.8 Å². The molecule has 3 rings (SSSR count). The third-order valence-corrected chi connectivity index (χ3v) is 5.27. The number of alkyl halides is 1. The van der Waals surface area contributed by atoms with Gasteiger partial charge in [0.2, 0.25) is 0 Å². The van der Waals surface area contributed by atoms with Crippen LogP contribution in [0, 0.1) is 6.92 Å². The van der Waals surface area contributed by atoms with Gasteiger partial charge in [0.15, 0.2) is 0 Å². The number of carbonyl (C=O) groups excluding carboxylic acids is 1. The predicted octanol–water partition coefficient (Wildman–Crippen LogP) is 2.79. The van der Waals surface area contributed by atoms with Crippen LogP contribution >= 0.6 is 22.6 Å². The Kier molecular flexibility index (Phi) is 2.28. The summed E-state index contributed by atoms with van der Waals surface area (Å²) in [5.74, 6) is 1.34. The lowest BCUT2D eigenvalue weighted by Gasteiger charge is -2.47. The number of ether oxygens (including phenoxy) is 1. The monoisotopic (exact) mass is 328 g/mol. The zero-order valence-electron chi connectivity index (χ0n) is 9.13. The van der Waals surface area contributed by atoms with E-state index in [2.05, 4.69) is 28.7 Å². The van der Waals surface area contributed by atoms with Crippen LogP contribution in [0.5, 0.6) is 5.75 Å². The van der Waals surface area contributed by atoms with Gasteiger partial charge in [0.25, 0.3) is 0 Å². The highest BCUT2D eigenvalue weighted by Crippen LogP contribution is 2.52. The highest BCUT2D eigenvalue weighted by atomic mass is 127. The van der Waals surface area contributed by atoms with Crippen molar-refractivity contribution in [3.8, 4) is 5.75 Å². The Morgan fingerprint density at radius 1 is 1.50 bits per heavy atom. The summed E-state index contributed by atoms with van der Waals surface area (Å²) in [5.41, 5.74) is 2.02. The van der Waals surface area contributed by atoms with Gasteiger partial charge in [0.05, 0.1) is 9.34 Å². The van der Waals surface area contributed by atoms with E-state index in [0.29, 0.717) is 12.4 Å². The number of ketones is 1. The van der Waals surface area contributed by atoms with Crippen molar-refractivity contribution >= 4 is 28.4 Å². The molecule has 0 bridgehead atoms. The Labute approximate surface area is 109 Å². The van der Waals surface area contributed by atoms with Crippen LogP contribution < -0.4 is 4.74 Å². The number of halogens is 1. The van der Waals surface area contributed by atoms with E-state index in [1.807, 2.05) is 19.1 Å². The molecule has 1 aromatic rings. The molecule has 0 unspecified atom stereocenters. The largest absolute Gasteiger partial charge is 0.492 e. The molecule has 3 heteroatoms. The van der Waals surface area contributed by atoms with Crippen molar-refractivity contribution in [3.05, 3.63) is 29.3 Å². The molecule has 1 saturated carbocycles. The molecule has 1 heterocycles. The van der Waals surface area contributed by atoms with Gasteiger partial charge < -0.3 is 4.74 Å². The third-order valence-electron chi connectivity index (χ3n) is 3.85. The van der Waals surface area contributed by atoms with E-state index in [0.717, 1.165) is 29.7 Å². The Morgan fingerprint density at radius 3 is 2.94 bits per heavy atom. The highest BCUT2D eigenvalue weighted by molar-refractivity contribution is 14.1. The maximum atomic E-state index is 12.0. The number of benzene rings is 1. The molecule has 2 nitrogen and oxygen atoms in total. The van der Waals surface area contributed by atoms with Gasteiger partial charge in [-0.2, -0.15) is 0 Å². The van der Waals surface area contributed by atoms with Crippen LogP contribution in [0.25, 0.3) is 0 Å². The van der Waals surface area contributed by atoms with Gasteiger partial charge in [0, 0.05) is 12.0 Å². The highest BCUT2D eigenvalue weighted by Gasteiger charge is 2.55. The Morgan fingerprint density at radius 2 is 2.31 bits per heavy atom. The van der Waals surface area contributed by atoms with Crippen LogP contribution in [0.4, 0.5) is 0 Å². The normalized spacial score (nSPS) is 31.9. The van der Waals surface area contributed by atoms with Crippen LogP contribution in [0.1, 0.15) is 24.0 Å². The lowest BCUT2D eigenvalue weighted by molar-refractivity contribution is -0.132. The van der Waals surface area contributed by atoms with E-state index in [1.54, 1.807) is 0 Å². The van der Waals surface area contributed by atoms with Gasteiger partial charge in [-0.15, -0.1) is 0 Å². The molecule has 1 spiro atoms. The fourth-order valence-corrected chi connectivity index (χ4v) is 3.95. The summed E-state index contributed by atoms with van der Waals surface area (Å²) in [4.78, 5) is 12.0. The minimum absolute atomic E-state index is 0.236. The summed E-state index contributed by atoms with van der Waals surface area (Å²) >= 11 is 2.36. The topological polar surface area (TPSA) is 26.3 Å². The predicted molar refractivity (Wildman–Crippen MR) is 70.4 cm³/mol. The minimum atomic E-state index is -0.236. The molecular weight excluding hydrogens is 315 g/mol. The van der Waals surface area contributed by atoms with E-state index in [-0.39, 0.29) is 9.34 Å². The lowest BCUT2D eigenvalue weighted by atomic mass is 9.60. The van der Waals surface area contributed by atoms with Crippen LogP contribution in [0.3, 0.4) is 0 Å². The molecule has 0 aromatic heterocycles. The number of aryl methyl sites for hydroxylation is 1. The van der Waals surface area contributed by atoms with Crippen LogP contribution in [0.2, 0.25) is 0 Å². The van der Waals surface area contributed by atoms with E-state index in [9.17, 15) is 4.79 Å². The van der Waals surface area contributed by atoms with Crippen molar-refractivity contribution in [2.45, 2.75) is 29.1 Å². The molecule has 0 saturated heterocycles. The van der Waals surface area contributed by atoms with E-state index in [4.69, 9.17) is 4.74 Å². The van der Waals surface area contributed by atoms with Crippen LogP contribution in [0.15, 0.2) is 18.2 Å². The lowest BCUT2D eigenvalue weighted by Crippen LogP contribution is -2.55. The first-order chi connectivity index (χ1) is 7.66. The number of carbonyl (C=O) groups is 1. The van der Waals surface area contributed by atoms with Gasteiger partial charge in [0.1, 0.15) is 18.1 Å². The summed E-state index contributed by atoms with van der Waals surface area (Å²) in [7, 11) is 0. The molecule has 0 radical (unpaired) electrons. The second-order valence-electron chi connectivity index (χ2n) is 4.62. The zero-order valence-corrected chi connectivity index (χ0v) is 11.3. The maximum absolute atomic E-state index is 12.0. The molecule has 0 amide bonds. The first-order valence-electron chi connectivity index (χ1n) is 5.56. The van der Waals surface area contributed by atoms with Crippen LogP contribution in [-0.4, -0.2) is 16.3 Å². The number of para-hydroxylation sites is 1. The summed E-state index contributed by atoms with van der Waals surface area (Å²) in [6.07, 6.45) is 1.71.